The number of benzene rings is 1. The molecule has 3 N–H and O–H groups in total. The monoisotopic (exact) mass is 295 g/mol. The van der Waals surface area contributed by atoms with Crippen LogP contribution in [-0.2, 0) is 4.79 Å². The second kappa shape index (κ2) is 6.57. The van der Waals surface area contributed by atoms with Crippen LogP contribution in [0.15, 0.2) is 24.3 Å². The third-order valence-corrected chi connectivity index (χ3v) is 4.12. The molecule has 1 aliphatic rings. The van der Waals surface area contributed by atoms with Gasteiger partial charge in [0.25, 0.3) is 0 Å². The van der Waals surface area contributed by atoms with Crippen LogP contribution in [0.3, 0.4) is 0 Å². The fourth-order valence-corrected chi connectivity index (χ4v) is 3.26. The topological polar surface area (TPSA) is 58.4 Å². The Balaban J connectivity index is 2.31. The lowest BCUT2D eigenvalue weighted by Crippen LogP contribution is -2.48. The highest BCUT2D eigenvalue weighted by Gasteiger charge is 2.37. The first-order chi connectivity index (χ1) is 9.54. The maximum atomic E-state index is 12.0. The number of likely N-dealkylation sites (N-methyl/N-ethyl adjacent to an activating group) is 1. The van der Waals surface area contributed by atoms with Gasteiger partial charge < -0.3 is 11.1 Å². The zero-order valence-electron chi connectivity index (χ0n) is 12.0. The minimum Gasteiger partial charge on any atom is -0.358 e. The molecule has 20 heavy (non-hydrogen) atoms. The molecule has 3 unspecified atom stereocenters. The van der Waals surface area contributed by atoms with Gasteiger partial charge in [-0.05, 0) is 44.0 Å². The van der Waals surface area contributed by atoms with Gasteiger partial charge in [-0.15, -0.1) is 0 Å². The number of carbonyl (C=O) groups excluding carboxylic acids is 1. The Kier molecular flexibility index (Phi) is 5.02. The van der Waals surface area contributed by atoms with Crippen LogP contribution >= 0.6 is 11.6 Å². The van der Waals surface area contributed by atoms with Gasteiger partial charge in [-0.1, -0.05) is 23.7 Å². The number of carbonyl (C=O) groups is 1. The average molecular weight is 296 g/mol. The molecule has 1 saturated heterocycles. The van der Waals surface area contributed by atoms with Crippen LogP contribution in [0.2, 0.25) is 5.02 Å². The number of nitrogens with zero attached hydrogens (tertiary/aromatic N) is 1. The molecule has 1 aliphatic heterocycles. The van der Waals surface area contributed by atoms with Crippen LogP contribution in [0.4, 0.5) is 0 Å². The third kappa shape index (κ3) is 3.14. The molecule has 0 saturated carbocycles. The summed E-state index contributed by atoms with van der Waals surface area (Å²) in [5.41, 5.74) is 7.26. The lowest BCUT2D eigenvalue weighted by molar-refractivity contribution is -0.125. The van der Waals surface area contributed by atoms with Gasteiger partial charge in [0.2, 0.25) is 5.91 Å². The molecule has 1 amide bonds. The van der Waals surface area contributed by atoms with Crippen molar-refractivity contribution in [2.75, 3.05) is 13.6 Å². The van der Waals surface area contributed by atoms with Crippen molar-refractivity contribution in [2.24, 2.45) is 5.73 Å². The Labute approximate surface area is 125 Å². The van der Waals surface area contributed by atoms with Crippen molar-refractivity contribution < 1.29 is 4.79 Å². The van der Waals surface area contributed by atoms with Gasteiger partial charge in [0, 0.05) is 18.1 Å². The molecule has 0 aromatic heterocycles. The van der Waals surface area contributed by atoms with Crippen LogP contribution in [0, 0.1) is 0 Å². The molecule has 5 heteroatoms. The first kappa shape index (κ1) is 15.3. The summed E-state index contributed by atoms with van der Waals surface area (Å²) in [6.45, 7) is 2.86. The van der Waals surface area contributed by atoms with E-state index in [4.69, 9.17) is 17.3 Å². The minimum atomic E-state index is -0.102. The van der Waals surface area contributed by atoms with Gasteiger partial charge in [0.1, 0.15) is 0 Å². The number of hydrogen-bond donors (Lipinski definition) is 2. The van der Waals surface area contributed by atoms with Crippen LogP contribution in [-0.4, -0.2) is 36.5 Å². The molecule has 2 rings (SSSR count). The summed E-state index contributed by atoms with van der Waals surface area (Å²) >= 11 is 6.09. The highest BCUT2D eigenvalue weighted by molar-refractivity contribution is 6.30. The van der Waals surface area contributed by atoms with Crippen molar-refractivity contribution in [1.29, 1.82) is 0 Å². The largest absolute Gasteiger partial charge is 0.358 e. The summed E-state index contributed by atoms with van der Waals surface area (Å²) < 4.78 is 0. The van der Waals surface area contributed by atoms with E-state index in [0.717, 1.165) is 24.9 Å². The number of amides is 1. The lowest BCUT2D eigenvalue weighted by atomic mass is 9.98. The fourth-order valence-electron chi connectivity index (χ4n) is 3.06. The van der Waals surface area contributed by atoms with Crippen molar-refractivity contribution >= 4 is 17.5 Å². The zero-order valence-corrected chi connectivity index (χ0v) is 12.7. The van der Waals surface area contributed by atoms with Crippen LogP contribution < -0.4 is 11.1 Å². The van der Waals surface area contributed by atoms with E-state index in [1.165, 1.54) is 0 Å². The molecular formula is C15H22ClN3O. The van der Waals surface area contributed by atoms with Crippen molar-refractivity contribution in [3.05, 3.63) is 34.9 Å². The van der Waals surface area contributed by atoms with E-state index in [1.54, 1.807) is 7.05 Å². The predicted octanol–water partition coefficient (Wildman–Crippen LogP) is 1.94. The Morgan fingerprint density at radius 3 is 2.90 bits per heavy atom. The normalized spacial score (nSPS) is 22.5. The first-order valence-corrected chi connectivity index (χ1v) is 7.40. The molecule has 1 fully saturated rings. The summed E-state index contributed by atoms with van der Waals surface area (Å²) in [5.74, 6) is 0.0650. The second-order valence-electron chi connectivity index (χ2n) is 5.37. The van der Waals surface area contributed by atoms with Crippen molar-refractivity contribution in [1.82, 2.24) is 10.2 Å². The molecule has 1 heterocycles. The first-order valence-electron chi connectivity index (χ1n) is 7.03. The fraction of sp³-hybridized carbons (Fsp3) is 0.533. The van der Waals surface area contributed by atoms with Crippen LogP contribution in [0.1, 0.15) is 31.4 Å². The van der Waals surface area contributed by atoms with Crippen molar-refractivity contribution in [3.8, 4) is 0 Å². The minimum absolute atomic E-state index is 0.0125. The summed E-state index contributed by atoms with van der Waals surface area (Å²) in [6, 6.07) is 7.59. The Hall–Kier alpha value is -1.10. The number of nitrogens with one attached hydrogen (secondary N) is 1. The van der Waals surface area contributed by atoms with Crippen LogP contribution in [0.5, 0.6) is 0 Å². The maximum Gasteiger partial charge on any atom is 0.237 e. The van der Waals surface area contributed by atoms with E-state index in [-0.39, 0.29) is 24.0 Å². The molecule has 0 aliphatic carbocycles. The number of rotatable bonds is 4. The van der Waals surface area contributed by atoms with E-state index >= 15 is 0 Å². The second-order valence-corrected chi connectivity index (χ2v) is 5.81. The quantitative estimate of drug-likeness (QED) is 0.892. The van der Waals surface area contributed by atoms with Crippen LogP contribution in [0.25, 0.3) is 0 Å². The third-order valence-electron chi connectivity index (χ3n) is 3.89. The summed E-state index contributed by atoms with van der Waals surface area (Å²) in [5, 5.41) is 3.44. The molecule has 0 bridgehead atoms. The molecule has 0 spiro atoms. The number of nitrogens with two attached hydrogens (primary N) is 1. The molecule has 110 valence electrons. The Morgan fingerprint density at radius 1 is 1.55 bits per heavy atom. The molecule has 0 radical (unpaired) electrons. The standard InChI is InChI=1S/C15H22ClN3O/c1-10(17)14(11-5-3-6-12(16)9-11)19-8-4-7-13(19)15(20)18-2/h3,5-6,9-10,13-14H,4,7-8,17H2,1-2H3,(H,18,20). The highest BCUT2D eigenvalue weighted by Crippen LogP contribution is 2.32. The average Bonchev–Trinajstić information content (AvgIpc) is 2.87. The van der Waals surface area contributed by atoms with Gasteiger partial charge in [0.15, 0.2) is 0 Å². The smallest absolute Gasteiger partial charge is 0.237 e. The molecule has 1 aromatic rings. The summed E-state index contributed by atoms with van der Waals surface area (Å²) in [7, 11) is 1.68. The molecule has 3 atom stereocenters. The van der Waals surface area contributed by atoms with E-state index in [9.17, 15) is 4.79 Å². The highest BCUT2D eigenvalue weighted by atomic mass is 35.5. The number of halogens is 1. The summed E-state index contributed by atoms with van der Waals surface area (Å²) in [4.78, 5) is 14.2. The molecule has 4 nitrogen and oxygen atoms in total. The maximum absolute atomic E-state index is 12.0. The predicted molar refractivity (Wildman–Crippen MR) is 81.6 cm³/mol. The Bertz CT molecular complexity index is 478. The van der Waals surface area contributed by atoms with Crippen molar-refractivity contribution in [3.63, 3.8) is 0 Å². The SMILES string of the molecule is CNC(=O)C1CCCN1C(c1cccc(Cl)c1)C(C)N. The van der Waals surface area contributed by atoms with E-state index in [1.807, 2.05) is 31.2 Å². The lowest BCUT2D eigenvalue weighted by Gasteiger charge is -2.35. The summed E-state index contributed by atoms with van der Waals surface area (Å²) in [6.07, 6.45) is 1.89. The number of likely N-dealkylation sites (tertiary alicyclic amines) is 1. The molecule has 1 aromatic carbocycles. The zero-order chi connectivity index (χ0) is 14.7. The Morgan fingerprint density at radius 2 is 2.30 bits per heavy atom. The van der Waals surface area contributed by atoms with Crippen molar-refractivity contribution in [2.45, 2.75) is 37.9 Å². The van der Waals surface area contributed by atoms with Gasteiger partial charge in [-0.25, -0.2) is 0 Å². The van der Waals surface area contributed by atoms with E-state index < -0.39 is 0 Å². The van der Waals surface area contributed by atoms with Gasteiger partial charge in [-0.3, -0.25) is 9.69 Å². The van der Waals surface area contributed by atoms with E-state index in [2.05, 4.69) is 10.2 Å². The van der Waals surface area contributed by atoms with Gasteiger partial charge >= 0.3 is 0 Å². The van der Waals surface area contributed by atoms with Gasteiger partial charge in [-0.2, -0.15) is 0 Å². The van der Waals surface area contributed by atoms with E-state index in [0.29, 0.717) is 5.02 Å². The number of hydrogen-bond acceptors (Lipinski definition) is 3. The molecular weight excluding hydrogens is 274 g/mol. The van der Waals surface area contributed by atoms with Gasteiger partial charge in [0.05, 0.1) is 12.1 Å².